The Morgan fingerprint density at radius 1 is 1.03 bits per heavy atom. The lowest BCUT2D eigenvalue weighted by molar-refractivity contribution is -0.274. The number of ether oxygens (including phenoxy) is 2. The van der Waals surface area contributed by atoms with Gasteiger partial charge < -0.3 is 24.5 Å². The van der Waals surface area contributed by atoms with Crippen molar-refractivity contribution in [3.05, 3.63) is 71.0 Å². The number of nitrogens with one attached hydrogen (secondary N) is 2. The van der Waals surface area contributed by atoms with Crippen LogP contribution in [0.5, 0.6) is 5.75 Å². The summed E-state index contributed by atoms with van der Waals surface area (Å²) in [5.41, 5.74) is 0.0969. The van der Waals surface area contributed by atoms with Crippen LogP contribution in [-0.2, 0) is 16.1 Å². The van der Waals surface area contributed by atoms with Gasteiger partial charge in [-0.3, -0.25) is 9.59 Å². The van der Waals surface area contributed by atoms with Crippen LogP contribution in [0.15, 0.2) is 59.2 Å². The van der Waals surface area contributed by atoms with E-state index >= 15 is 0 Å². The second-order valence-electron chi connectivity index (χ2n) is 6.10. The molecule has 0 saturated heterocycles. The van der Waals surface area contributed by atoms with Gasteiger partial charge in [0, 0.05) is 12.1 Å². The molecule has 32 heavy (non-hydrogen) atoms. The van der Waals surface area contributed by atoms with Crippen molar-refractivity contribution in [1.82, 2.24) is 5.32 Å². The molecule has 168 valence electrons. The summed E-state index contributed by atoms with van der Waals surface area (Å²) < 4.78 is 51.1. The quantitative estimate of drug-likeness (QED) is 0.485. The van der Waals surface area contributed by atoms with Crippen LogP contribution in [0.3, 0.4) is 0 Å². The van der Waals surface area contributed by atoms with Gasteiger partial charge in [0.15, 0.2) is 12.4 Å². The third kappa shape index (κ3) is 6.60. The molecular weight excluding hydrogens is 453 g/mol. The lowest BCUT2D eigenvalue weighted by atomic mass is 10.2. The highest BCUT2D eigenvalue weighted by Gasteiger charge is 2.32. The highest BCUT2D eigenvalue weighted by Crippen LogP contribution is 2.26. The van der Waals surface area contributed by atoms with Crippen LogP contribution in [0.4, 0.5) is 18.2 Å². The summed E-state index contributed by atoms with van der Waals surface area (Å²) >= 11 is 0.933. The molecule has 2 amide bonds. The Bertz CT molecular complexity index is 1090. The number of thiophene rings is 1. The number of hydrogen-bond donors (Lipinski definition) is 2. The summed E-state index contributed by atoms with van der Waals surface area (Å²) in [5, 5.41) is 5.27. The van der Waals surface area contributed by atoms with Gasteiger partial charge in [-0.1, -0.05) is 18.2 Å². The zero-order valence-corrected chi connectivity index (χ0v) is 16.9. The Morgan fingerprint density at radius 3 is 2.53 bits per heavy atom. The molecule has 2 heterocycles. The number of carbonyl (C=O) groups excluding carboxylic acids is 3. The Balaban J connectivity index is 1.47. The van der Waals surface area contributed by atoms with Crippen LogP contribution in [0.1, 0.15) is 25.8 Å². The first-order valence-electron chi connectivity index (χ1n) is 8.93. The Hall–Kier alpha value is -3.80. The zero-order valence-electron chi connectivity index (χ0n) is 16.1. The van der Waals surface area contributed by atoms with E-state index in [2.05, 4.69) is 15.4 Å². The summed E-state index contributed by atoms with van der Waals surface area (Å²) in [6, 6.07) is 11.3. The molecule has 0 saturated carbocycles. The van der Waals surface area contributed by atoms with E-state index in [1.165, 1.54) is 42.7 Å². The van der Waals surface area contributed by atoms with Gasteiger partial charge in [-0.25, -0.2) is 4.79 Å². The fraction of sp³-hybridized carbons (Fsp3) is 0.150. The standard InChI is InChI=1S/C20H15F3N2O6S/c21-20(22,23)31-13-5-2-1-4-12(13)10-24-16(26)11-30-19(28)15-7-8-17(32-15)25-18(27)14-6-3-9-29-14/h1-9H,10-11H2,(H,24,26)(H,25,27). The van der Waals surface area contributed by atoms with Crippen LogP contribution < -0.4 is 15.4 Å². The van der Waals surface area contributed by atoms with Crippen LogP contribution >= 0.6 is 11.3 Å². The number of halogens is 3. The van der Waals surface area contributed by atoms with Gasteiger partial charge >= 0.3 is 12.3 Å². The Labute approximate surface area is 182 Å². The predicted molar refractivity (Wildman–Crippen MR) is 106 cm³/mol. The van der Waals surface area contributed by atoms with Gasteiger partial charge in [-0.05, 0) is 30.3 Å². The summed E-state index contributed by atoms with van der Waals surface area (Å²) in [4.78, 5) is 36.1. The first-order valence-corrected chi connectivity index (χ1v) is 9.75. The second-order valence-corrected chi connectivity index (χ2v) is 7.19. The molecule has 3 rings (SSSR count). The minimum Gasteiger partial charge on any atom is -0.459 e. The SMILES string of the molecule is O=C(COC(=O)c1ccc(NC(=O)c2ccco2)s1)NCc1ccccc1OC(F)(F)F. The van der Waals surface area contributed by atoms with E-state index in [1.54, 1.807) is 6.07 Å². The predicted octanol–water partition coefficient (Wildman–Crippen LogP) is 3.97. The molecule has 0 unspecified atom stereocenters. The van der Waals surface area contributed by atoms with E-state index in [0.29, 0.717) is 5.00 Å². The number of carbonyl (C=O) groups is 3. The smallest absolute Gasteiger partial charge is 0.459 e. The van der Waals surface area contributed by atoms with E-state index in [0.717, 1.165) is 17.4 Å². The maximum atomic E-state index is 12.4. The van der Waals surface area contributed by atoms with Crippen molar-refractivity contribution >= 4 is 34.1 Å². The van der Waals surface area contributed by atoms with E-state index in [9.17, 15) is 27.6 Å². The van der Waals surface area contributed by atoms with Crippen LogP contribution in [0, 0.1) is 0 Å². The second kappa shape index (κ2) is 10.0. The molecule has 12 heteroatoms. The summed E-state index contributed by atoms with van der Waals surface area (Å²) in [6.07, 6.45) is -3.52. The van der Waals surface area contributed by atoms with Gasteiger partial charge in [0.25, 0.3) is 11.8 Å². The molecule has 0 radical (unpaired) electrons. The molecule has 0 aliphatic carbocycles. The van der Waals surface area contributed by atoms with Crippen LogP contribution in [0.2, 0.25) is 0 Å². The molecule has 2 aromatic heterocycles. The number of anilines is 1. The molecular formula is C20H15F3N2O6S. The highest BCUT2D eigenvalue weighted by atomic mass is 32.1. The largest absolute Gasteiger partial charge is 0.573 e. The lowest BCUT2D eigenvalue weighted by Crippen LogP contribution is -2.28. The van der Waals surface area contributed by atoms with E-state index in [-0.39, 0.29) is 22.7 Å². The Kier molecular flexibility index (Phi) is 7.15. The molecule has 0 spiro atoms. The van der Waals surface area contributed by atoms with Crippen molar-refractivity contribution in [2.45, 2.75) is 12.9 Å². The van der Waals surface area contributed by atoms with Gasteiger partial charge in [0.1, 0.15) is 10.6 Å². The van der Waals surface area contributed by atoms with E-state index < -0.39 is 36.5 Å². The third-order valence-electron chi connectivity index (χ3n) is 3.80. The fourth-order valence-electron chi connectivity index (χ4n) is 2.42. The normalized spacial score (nSPS) is 11.0. The van der Waals surface area contributed by atoms with Crippen molar-refractivity contribution in [2.75, 3.05) is 11.9 Å². The molecule has 0 bridgehead atoms. The van der Waals surface area contributed by atoms with Gasteiger partial charge in [-0.2, -0.15) is 0 Å². The summed E-state index contributed by atoms with van der Waals surface area (Å²) in [7, 11) is 0. The molecule has 0 aliphatic heterocycles. The zero-order chi connectivity index (χ0) is 23.1. The minimum atomic E-state index is -4.87. The van der Waals surface area contributed by atoms with Gasteiger partial charge in [-0.15, -0.1) is 24.5 Å². The highest BCUT2D eigenvalue weighted by molar-refractivity contribution is 7.18. The topological polar surface area (TPSA) is 107 Å². The average molecular weight is 468 g/mol. The molecule has 1 aromatic carbocycles. The van der Waals surface area contributed by atoms with E-state index in [1.807, 2.05) is 0 Å². The number of alkyl halides is 3. The number of amides is 2. The summed E-state index contributed by atoms with van der Waals surface area (Å²) in [5.74, 6) is -2.36. The first kappa shape index (κ1) is 22.9. The molecule has 0 fully saturated rings. The molecule has 0 aliphatic rings. The van der Waals surface area contributed by atoms with Crippen LogP contribution in [0.25, 0.3) is 0 Å². The number of benzene rings is 1. The van der Waals surface area contributed by atoms with Crippen molar-refractivity contribution in [3.63, 3.8) is 0 Å². The number of esters is 1. The monoisotopic (exact) mass is 468 g/mol. The maximum absolute atomic E-state index is 12.4. The van der Waals surface area contributed by atoms with Crippen molar-refractivity contribution in [3.8, 4) is 5.75 Å². The van der Waals surface area contributed by atoms with Gasteiger partial charge in [0.05, 0.1) is 11.3 Å². The fourth-order valence-corrected chi connectivity index (χ4v) is 3.21. The van der Waals surface area contributed by atoms with Crippen molar-refractivity contribution < 1.29 is 41.4 Å². The van der Waals surface area contributed by atoms with Gasteiger partial charge in [0.2, 0.25) is 0 Å². The number of para-hydroxylation sites is 1. The molecule has 3 aromatic rings. The van der Waals surface area contributed by atoms with Crippen LogP contribution in [-0.4, -0.2) is 30.8 Å². The number of rotatable bonds is 8. The first-order chi connectivity index (χ1) is 15.2. The van der Waals surface area contributed by atoms with E-state index in [4.69, 9.17) is 9.15 Å². The average Bonchev–Trinajstić information content (AvgIpc) is 3.42. The lowest BCUT2D eigenvalue weighted by Gasteiger charge is -2.13. The number of hydrogen-bond acceptors (Lipinski definition) is 7. The maximum Gasteiger partial charge on any atom is 0.573 e. The van der Waals surface area contributed by atoms with Crippen molar-refractivity contribution in [1.29, 1.82) is 0 Å². The summed E-state index contributed by atoms with van der Waals surface area (Å²) in [6.45, 7) is -0.905. The molecule has 8 nitrogen and oxygen atoms in total. The minimum absolute atomic E-state index is 0.0969. The van der Waals surface area contributed by atoms with Crippen molar-refractivity contribution in [2.24, 2.45) is 0 Å². The Morgan fingerprint density at radius 2 is 1.81 bits per heavy atom. The third-order valence-corrected chi connectivity index (χ3v) is 4.78. The molecule has 0 atom stereocenters. The molecule has 2 N–H and O–H groups in total. The number of furan rings is 1.